The van der Waals surface area contributed by atoms with Crippen LogP contribution in [0, 0.1) is 0 Å². The molecule has 0 saturated carbocycles. The number of hydrogen-bond acceptors (Lipinski definition) is 7. The van der Waals surface area contributed by atoms with Gasteiger partial charge in [0.15, 0.2) is 17.2 Å². The van der Waals surface area contributed by atoms with Crippen molar-refractivity contribution in [3.63, 3.8) is 0 Å². The highest BCUT2D eigenvalue weighted by Gasteiger charge is 2.37. The number of para-hydroxylation sites is 1. The molecular formula is C32H20N4O3S. The summed E-state index contributed by atoms with van der Waals surface area (Å²) in [6.07, 6.45) is 3.64. The van der Waals surface area contributed by atoms with E-state index in [1.54, 1.807) is 28.7 Å². The number of thioether (sulfide) groups is 1. The highest BCUT2D eigenvalue weighted by atomic mass is 32.2. The first-order valence-corrected chi connectivity index (χ1v) is 14.0. The molecule has 0 radical (unpaired) electrons. The summed E-state index contributed by atoms with van der Waals surface area (Å²) in [4.78, 5) is 24.3. The Balaban J connectivity index is 1.39. The van der Waals surface area contributed by atoms with E-state index in [2.05, 4.69) is 41.4 Å². The van der Waals surface area contributed by atoms with Gasteiger partial charge in [0.2, 0.25) is 5.88 Å². The SMILES string of the molecule is CSc1ccc(C2c3c(c4ccccc4oc3=O)Oc3ncn4nc(-c5ccc6ccccc6c5)nc4c32)cc1. The van der Waals surface area contributed by atoms with Crippen molar-refractivity contribution in [2.75, 3.05) is 6.26 Å². The Bertz CT molecular complexity index is 2170. The van der Waals surface area contributed by atoms with Gasteiger partial charge in [-0.15, -0.1) is 16.9 Å². The third-order valence-electron chi connectivity index (χ3n) is 7.42. The van der Waals surface area contributed by atoms with Gasteiger partial charge in [0.1, 0.15) is 11.9 Å². The average molecular weight is 541 g/mol. The van der Waals surface area contributed by atoms with Crippen molar-refractivity contribution in [2.45, 2.75) is 10.8 Å². The van der Waals surface area contributed by atoms with Gasteiger partial charge in [-0.1, -0.05) is 60.7 Å². The minimum atomic E-state index is -0.514. The van der Waals surface area contributed by atoms with Crippen molar-refractivity contribution >= 4 is 39.2 Å². The first-order valence-electron chi connectivity index (χ1n) is 12.8. The first kappa shape index (κ1) is 23.0. The number of rotatable bonds is 3. The summed E-state index contributed by atoms with van der Waals surface area (Å²) in [6, 6.07) is 29.9. The van der Waals surface area contributed by atoms with Crippen LogP contribution < -0.4 is 10.4 Å². The van der Waals surface area contributed by atoms with Gasteiger partial charge in [-0.25, -0.2) is 19.3 Å². The van der Waals surface area contributed by atoms with Crippen LogP contribution in [0.4, 0.5) is 0 Å². The van der Waals surface area contributed by atoms with E-state index in [9.17, 15) is 4.79 Å². The Morgan fingerprint density at radius 3 is 2.52 bits per heavy atom. The molecule has 8 heteroatoms. The van der Waals surface area contributed by atoms with Crippen LogP contribution in [0.5, 0.6) is 11.6 Å². The second-order valence-electron chi connectivity index (χ2n) is 9.67. The van der Waals surface area contributed by atoms with E-state index in [-0.39, 0.29) is 0 Å². The minimum absolute atomic E-state index is 0.396. The molecule has 0 saturated heterocycles. The molecule has 7 aromatic rings. The van der Waals surface area contributed by atoms with Gasteiger partial charge in [0, 0.05) is 10.5 Å². The van der Waals surface area contributed by atoms with E-state index in [1.165, 1.54) is 0 Å². The summed E-state index contributed by atoms with van der Waals surface area (Å²) in [5.74, 6) is 0.908. The lowest BCUT2D eigenvalue weighted by atomic mass is 9.84. The maximum Gasteiger partial charge on any atom is 0.344 e. The molecule has 1 atom stereocenters. The van der Waals surface area contributed by atoms with Crippen molar-refractivity contribution in [1.82, 2.24) is 19.6 Å². The van der Waals surface area contributed by atoms with Gasteiger partial charge in [-0.05, 0) is 52.9 Å². The van der Waals surface area contributed by atoms with Gasteiger partial charge in [-0.2, -0.15) is 0 Å². The molecule has 0 N–H and O–H groups in total. The molecule has 40 heavy (non-hydrogen) atoms. The number of fused-ring (bicyclic) bond motifs is 7. The largest absolute Gasteiger partial charge is 0.437 e. The zero-order valence-electron chi connectivity index (χ0n) is 21.2. The van der Waals surface area contributed by atoms with Gasteiger partial charge in [-0.3, -0.25) is 0 Å². The molecule has 0 aliphatic carbocycles. The number of nitrogens with zero attached hydrogens (tertiary/aromatic N) is 4. The number of hydrogen-bond donors (Lipinski definition) is 0. The van der Waals surface area contributed by atoms with Crippen LogP contribution >= 0.6 is 11.8 Å². The van der Waals surface area contributed by atoms with Gasteiger partial charge in [0.05, 0.1) is 22.4 Å². The maximum atomic E-state index is 13.6. The molecule has 7 nitrogen and oxygen atoms in total. The first-order chi connectivity index (χ1) is 19.7. The lowest BCUT2D eigenvalue weighted by molar-refractivity contribution is 0.422. The third kappa shape index (κ3) is 3.46. The van der Waals surface area contributed by atoms with E-state index in [4.69, 9.17) is 19.2 Å². The molecular weight excluding hydrogens is 520 g/mol. The quantitative estimate of drug-likeness (QED) is 0.175. The zero-order chi connectivity index (χ0) is 26.8. The smallest absolute Gasteiger partial charge is 0.344 e. The fraction of sp³-hybridized carbons (Fsp3) is 0.0625. The Morgan fingerprint density at radius 2 is 1.68 bits per heavy atom. The van der Waals surface area contributed by atoms with Crippen LogP contribution in [-0.2, 0) is 0 Å². The van der Waals surface area contributed by atoms with Crippen LogP contribution in [0.1, 0.15) is 22.6 Å². The van der Waals surface area contributed by atoms with Crippen LogP contribution in [0.25, 0.3) is 38.8 Å². The molecule has 0 bridgehead atoms. The lowest BCUT2D eigenvalue weighted by Gasteiger charge is -2.27. The summed E-state index contributed by atoms with van der Waals surface area (Å²) >= 11 is 1.66. The number of aromatic nitrogens is 4. The molecule has 0 amide bonds. The zero-order valence-corrected chi connectivity index (χ0v) is 22.1. The normalized spacial score (nSPS) is 14.3. The fourth-order valence-corrected chi connectivity index (χ4v) is 5.92. The van der Waals surface area contributed by atoms with Crippen molar-refractivity contribution in [2.24, 2.45) is 0 Å². The number of ether oxygens (including phenoxy) is 1. The molecule has 0 fully saturated rings. The second kappa shape index (κ2) is 8.79. The van der Waals surface area contributed by atoms with Crippen molar-refractivity contribution in [3.8, 4) is 23.0 Å². The summed E-state index contributed by atoms with van der Waals surface area (Å²) < 4.78 is 13.8. The summed E-state index contributed by atoms with van der Waals surface area (Å²) in [6.45, 7) is 0. The molecule has 1 aliphatic rings. The summed E-state index contributed by atoms with van der Waals surface area (Å²) in [5.41, 5.74) is 3.49. The maximum absolute atomic E-state index is 13.6. The average Bonchev–Trinajstić information content (AvgIpc) is 3.45. The predicted octanol–water partition coefficient (Wildman–Crippen LogP) is 7.06. The molecule has 0 spiro atoms. The summed E-state index contributed by atoms with van der Waals surface area (Å²) in [7, 11) is 0. The third-order valence-corrected chi connectivity index (χ3v) is 8.16. The minimum Gasteiger partial charge on any atom is -0.437 e. The highest BCUT2D eigenvalue weighted by molar-refractivity contribution is 7.98. The van der Waals surface area contributed by atoms with Gasteiger partial charge < -0.3 is 9.15 Å². The van der Waals surface area contributed by atoms with E-state index < -0.39 is 11.5 Å². The van der Waals surface area contributed by atoms with E-state index in [1.807, 2.05) is 54.8 Å². The van der Waals surface area contributed by atoms with Crippen molar-refractivity contribution in [1.29, 1.82) is 0 Å². The monoisotopic (exact) mass is 540 g/mol. The van der Waals surface area contributed by atoms with Crippen LogP contribution in [0.2, 0.25) is 0 Å². The molecule has 3 aromatic heterocycles. The molecule has 4 aromatic carbocycles. The van der Waals surface area contributed by atoms with Gasteiger partial charge >= 0.3 is 5.63 Å². The molecule has 4 heterocycles. The van der Waals surface area contributed by atoms with Crippen molar-refractivity contribution in [3.05, 3.63) is 124 Å². The Hall–Kier alpha value is -4.95. The topological polar surface area (TPSA) is 82.5 Å². The highest BCUT2D eigenvalue weighted by Crippen LogP contribution is 2.49. The number of benzene rings is 4. The lowest BCUT2D eigenvalue weighted by Crippen LogP contribution is -2.22. The predicted molar refractivity (Wildman–Crippen MR) is 155 cm³/mol. The van der Waals surface area contributed by atoms with E-state index in [0.29, 0.717) is 45.2 Å². The van der Waals surface area contributed by atoms with Gasteiger partial charge in [0.25, 0.3) is 0 Å². The fourth-order valence-electron chi connectivity index (χ4n) is 5.51. The van der Waals surface area contributed by atoms with Crippen molar-refractivity contribution < 1.29 is 9.15 Å². The summed E-state index contributed by atoms with van der Waals surface area (Å²) in [5, 5.41) is 7.73. The molecule has 192 valence electrons. The standard InChI is InChI=1S/C32H20N4O3S/c1-40-22-14-12-19(13-15-22)25-26-28(23-8-4-5-9-24(23)38-32(26)37)39-31-27(25)30-34-29(35-36(30)17-33-31)21-11-10-18-6-2-3-7-20(18)16-21/h2-17,25H,1H3. The van der Waals surface area contributed by atoms with E-state index in [0.717, 1.165) is 26.8 Å². The Labute approximate surface area is 232 Å². The van der Waals surface area contributed by atoms with Crippen LogP contribution in [0.15, 0.2) is 111 Å². The molecule has 1 aliphatic heterocycles. The van der Waals surface area contributed by atoms with E-state index >= 15 is 0 Å². The van der Waals surface area contributed by atoms with Crippen LogP contribution in [-0.4, -0.2) is 25.8 Å². The molecule has 1 unspecified atom stereocenters. The Morgan fingerprint density at radius 1 is 0.875 bits per heavy atom. The Kier molecular flexibility index (Phi) is 5.05. The van der Waals surface area contributed by atoms with Crippen LogP contribution in [0.3, 0.4) is 0 Å². The second-order valence-corrected chi connectivity index (χ2v) is 10.5. The molecule has 8 rings (SSSR count).